The van der Waals surface area contributed by atoms with Crippen molar-refractivity contribution < 1.29 is 4.79 Å². The first-order chi connectivity index (χ1) is 13.2. The Kier molecular flexibility index (Phi) is 4.57. The van der Waals surface area contributed by atoms with Gasteiger partial charge in [-0.05, 0) is 36.2 Å². The summed E-state index contributed by atoms with van der Waals surface area (Å²) in [5.41, 5.74) is 3.82. The van der Waals surface area contributed by atoms with Crippen molar-refractivity contribution in [2.45, 2.75) is 12.8 Å². The molecule has 0 fully saturated rings. The second kappa shape index (κ2) is 7.33. The molecule has 7 heteroatoms. The molecule has 134 valence electrons. The van der Waals surface area contributed by atoms with Crippen LogP contribution in [-0.2, 0) is 18.3 Å². The molecule has 0 aromatic carbocycles. The molecule has 4 rings (SSSR count). The summed E-state index contributed by atoms with van der Waals surface area (Å²) in [7, 11) is 1.88. The molecule has 0 spiro atoms. The van der Waals surface area contributed by atoms with Crippen LogP contribution in [0, 0.1) is 0 Å². The van der Waals surface area contributed by atoms with Crippen LogP contribution in [0.4, 0.5) is 5.82 Å². The number of nitrogens with one attached hydrogen (secondary N) is 1. The van der Waals surface area contributed by atoms with Gasteiger partial charge in [0.1, 0.15) is 5.82 Å². The molecule has 0 aliphatic heterocycles. The fourth-order valence-electron chi connectivity index (χ4n) is 2.84. The van der Waals surface area contributed by atoms with E-state index in [0.717, 1.165) is 27.6 Å². The highest BCUT2D eigenvalue weighted by molar-refractivity contribution is 5.92. The largest absolute Gasteiger partial charge is 0.311 e. The maximum Gasteiger partial charge on any atom is 0.225 e. The molecular weight excluding hydrogens is 340 g/mol. The summed E-state index contributed by atoms with van der Waals surface area (Å²) in [5, 5.41) is 7.96. The SMILES string of the molecule is Cn1cc(-c2cnc3cnc(NC(=O)CCc4ccncc4)cc3c2)cn1. The van der Waals surface area contributed by atoms with Crippen molar-refractivity contribution in [2.75, 3.05) is 5.32 Å². The normalized spacial score (nSPS) is 10.9. The highest BCUT2D eigenvalue weighted by atomic mass is 16.1. The lowest BCUT2D eigenvalue weighted by molar-refractivity contribution is -0.116. The lowest BCUT2D eigenvalue weighted by atomic mass is 10.1. The minimum absolute atomic E-state index is 0.0740. The van der Waals surface area contributed by atoms with E-state index >= 15 is 0 Å². The van der Waals surface area contributed by atoms with Crippen molar-refractivity contribution in [2.24, 2.45) is 7.05 Å². The van der Waals surface area contributed by atoms with Gasteiger partial charge in [0, 0.05) is 54.8 Å². The number of hydrogen-bond acceptors (Lipinski definition) is 5. The predicted octanol–water partition coefficient (Wildman–Crippen LogP) is 3.00. The first-order valence-corrected chi connectivity index (χ1v) is 8.61. The van der Waals surface area contributed by atoms with Gasteiger partial charge in [-0.2, -0.15) is 5.10 Å². The zero-order valence-electron chi connectivity index (χ0n) is 14.8. The number of fused-ring (bicyclic) bond motifs is 1. The number of amides is 1. The van der Waals surface area contributed by atoms with E-state index < -0.39 is 0 Å². The molecule has 0 radical (unpaired) electrons. The molecule has 1 amide bonds. The van der Waals surface area contributed by atoms with Crippen LogP contribution in [-0.4, -0.2) is 30.6 Å². The minimum atomic E-state index is -0.0740. The van der Waals surface area contributed by atoms with Crippen LogP contribution in [0.1, 0.15) is 12.0 Å². The zero-order chi connectivity index (χ0) is 18.6. The quantitative estimate of drug-likeness (QED) is 0.593. The highest BCUT2D eigenvalue weighted by Crippen LogP contribution is 2.23. The molecule has 0 aliphatic carbocycles. The van der Waals surface area contributed by atoms with E-state index in [1.807, 2.05) is 37.5 Å². The molecule has 4 aromatic heterocycles. The monoisotopic (exact) mass is 358 g/mol. The van der Waals surface area contributed by atoms with Crippen molar-refractivity contribution in [3.8, 4) is 11.1 Å². The first-order valence-electron chi connectivity index (χ1n) is 8.61. The van der Waals surface area contributed by atoms with Crippen LogP contribution in [0.15, 0.2) is 61.4 Å². The van der Waals surface area contributed by atoms with Crippen molar-refractivity contribution in [3.05, 3.63) is 67.0 Å². The molecule has 1 N–H and O–H groups in total. The van der Waals surface area contributed by atoms with Gasteiger partial charge in [0.2, 0.25) is 5.91 Å². The van der Waals surface area contributed by atoms with Crippen molar-refractivity contribution in [1.29, 1.82) is 0 Å². The third-order valence-electron chi connectivity index (χ3n) is 4.26. The van der Waals surface area contributed by atoms with Gasteiger partial charge < -0.3 is 5.32 Å². The molecule has 0 aliphatic rings. The van der Waals surface area contributed by atoms with E-state index in [4.69, 9.17) is 0 Å². The van der Waals surface area contributed by atoms with Crippen molar-refractivity contribution in [1.82, 2.24) is 24.7 Å². The number of rotatable bonds is 5. The van der Waals surface area contributed by atoms with Gasteiger partial charge in [0.25, 0.3) is 0 Å². The number of carbonyl (C=O) groups is 1. The maximum atomic E-state index is 12.2. The Morgan fingerprint density at radius 3 is 2.70 bits per heavy atom. The standard InChI is InChI=1S/C20H18N6O/c1-26-13-17(11-24-26)16-8-15-9-19(23-12-18(15)22-10-16)25-20(27)3-2-14-4-6-21-7-5-14/h4-13H,2-3H2,1H3,(H,23,25,27). The third-order valence-corrected chi connectivity index (χ3v) is 4.26. The van der Waals surface area contributed by atoms with Gasteiger partial charge in [0.15, 0.2) is 0 Å². The van der Waals surface area contributed by atoms with E-state index in [1.165, 1.54) is 0 Å². The van der Waals surface area contributed by atoms with E-state index in [0.29, 0.717) is 18.7 Å². The zero-order valence-corrected chi connectivity index (χ0v) is 14.8. The highest BCUT2D eigenvalue weighted by Gasteiger charge is 2.07. The lowest BCUT2D eigenvalue weighted by Gasteiger charge is -2.06. The van der Waals surface area contributed by atoms with Crippen molar-refractivity contribution >= 4 is 22.6 Å². The number of nitrogens with zero attached hydrogens (tertiary/aromatic N) is 5. The molecular formula is C20H18N6O. The summed E-state index contributed by atoms with van der Waals surface area (Å²) in [6.07, 6.45) is 11.7. The molecule has 4 aromatic rings. The molecule has 0 unspecified atom stereocenters. The van der Waals surface area contributed by atoms with Crippen LogP contribution in [0.5, 0.6) is 0 Å². The Bertz CT molecular complexity index is 1090. The Balaban J connectivity index is 1.49. The first kappa shape index (κ1) is 16.8. The number of anilines is 1. The predicted molar refractivity (Wildman–Crippen MR) is 103 cm³/mol. The molecule has 4 heterocycles. The number of aromatic nitrogens is 5. The number of pyridine rings is 3. The summed E-state index contributed by atoms with van der Waals surface area (Å²) in [6, 6.07) is 7.68. The van der Waals surface area contributed by atoms with E-state index in [2.05, 4.69) is 25.4 Å². The van der Waals surface area contributed by atoms with Crippen LogP contribution >= 0.6 is 0 Å². The summed E-state index contributed by atoms with van der Waals surface area (Å²) in [5.74, 6) is 0.447. The third kappa shape index (κ3) is 3.98. The molecule has 0 saturated carbocycles. The smallest absolute Gasteiger partial charge is 0.225 e. The lowest BCUT2D eigenvalue weighted by Crippen LogP contribution is -2.13. The minimum Gasteiger partial charge on any atom is -0.311 e. The molecule has 27 heavy (non-hydrogen) atoms. The number of carbonyl (C=O) groups excluding carboxylic acids is 1. The summed E-state index contributed by atoms with van der Waals surface area (Å²) < 4.78 is 1.75. The van der Waals surface area contributed by atoms with Crippen LogP contribution in [0.2, 0.25) is 0 Å². The van der Waals surface area contributed by atoms with Gasteiger partial charge in [-0.15, -0.1) is 0 Å². The second-order valence-corrected chi connectivity index (χ2v) is 6.29. The number of hydrogen-bond donors (Lipinski definition) is 1. The topological polar surface area (TPSA) is 85.6 Å². The summed E-state index contributed by atoms with van der Waals surface area (Å²) in [4.78, 5) is 24.9. The van der Waals surface area contributed by atoms with E-state index in [9.17, 15) is 4.79 Å². The Morgan fingerprint density at radius 1 is 1.07 bits per heavy atom. The van der Waals surface area contributed by atoms with E-state index in [1.54, 1.807) is 35.7 Å². The molecule has 0 atom stereocenters. The maximum absolute atomic E-state index is 12.2. The second-order valence-electron chi connectivity index (χ2n) is 6.29. The average molecular weight is 358 g/mol. The molecule has 7 nitrogen and oxygen atoms in total. The summed E-state index contributed by atoms with van der Waals surface area (Å²) >= 11 is 0. The Hall–Kier alpha value is -3.61. The fourth-order valence-corrected chi connectivity index (χ4v) is 2.84. The van der Waals surface area contributed by atoms with Gasteiger partial charge in [-0.25, -0.2) is 4.98 Å². The Morgan fingerprint density at radius 2 is 1.93 bits per heavy atom. The van der Waals surface area contributed by atoms with Crippen LogP contribution < -0.4 is 5.32 Å². The van der Waals surface area contributed by atoms with Gasteiger partial charge in [-0.1, -0.05) is 0 Å². The van der Waals surface area contributed by atoms with Gasteiger partial charge in [-0.3, -0.25) is 19.4 Å². The Labute approximate surface area is 156 Å². The van der Waals surface area contributed by atoms with Gasteiger partial charge >= 0.3 is 0 Å². The van der Waals surface area contributed by atoms with E-state index in [-0.39, 0.29) is 5.91 Å². The fraction of sp³-hybridized carbons (Fsp3) is 0.150. The molecule has 0 bridgehead atoms. The summed E-state index contributed by atoms with van der Waals surface area (Å²) in [6.45, 7) is 0. The molecule has 0 saturated heterocycles. The van der Waals surface area contributed by atoms with Crippen LogP contribution in [0.3, 0.4) is 0 Å². The number of aryl methyl sites for hydroxylation is 2. The van der Waals surface area contributed by atoms with Gasteiger partial charge in [0.05, 0.1) is 17.9 Å². The van der Waals surface area contributed by atoms with Crippen molar-refractivity contribution in [3.63, 3.8) is 0 Å². The van der Waals surface area contributed by atoms with Crippen LogP contribution in [0.25, 0.3) is 22.0 Å². The average Bonchev–Trinajstić information content (AvgIpc) is 3.13.